The van der Waals surface area contributed by atoms with Crippen LogP contribution in [0, 0.1) is 0 Å². The molecule has 0 aromatic heterocycles. The normalized spacial score (nSPS) is 27.0. The number of nitrogens with zero attached hydrogens (tertiary/aromatic N) is 2. The highest BCUT2D eigenvalue weighted by Crippen LogP contribution is 2.15. The van der Waals surface area contributed by atoms with Gasteiger partial charge in [-0.05, 0) is 40.4 Å². The summed E-state index contributed by atoms with van der Waals surface area (Å²) in [6, 6.07) is 1.26. The molecular weight excluding hydrogens is 162 g/mol. The zero-order valence-electron chi connectivity index (χ0n) is 9.16. The van der Waals surface area contributed by atoms with Gasteiger partial charge in [-0.1, -0.05) is 0 Å². The van der Waals surface area contributed by atoms with Crippen molar-refractivity contribution in [1.29, 1.82) is 0 Å². The molecule has 0 saturated carbocycles. The molecule has 1 saturated heterocycles. The predicted octanol–water partition coefficient (Wildman–Crippen LogP) is 0.360. The average Bonchev–Trinajstić information content (AvgIpc) is 2.50. The van der Waals surface area contributed by atoms with Crippen molar-refractivity contribution in [1.82, 2.24) is 9.80 Å². The number of nitrogens with two attached hydrogens (primary N) is 1. The molecule has 0 spiro atoms. The van der Waals surface area contributed by atoms with Gasteiger partial charge < -0.3 is 15.5 Å². The molecule has 0 amide bonds. The summed E-state index contributed by atoms with van der Waals surface area (Å²) in [4.78, 5) is 4.83. The van der Waals surface area contributed by atoms with E-state index in [0.29, 0.717) is 6.04 Å². The summed E-state index contributed by atoms with van der Waals surface area (Å²) in [5.41, 5.74) is 5.63. The van der Waals surface area contributed by atoms with Gasteiger partial charge in [0.1, 0.15) is 0 Å². The van der Waals surface area contributed by atoms with Gasteiger partial charge in [-0.15, -0.1) is 0 Å². The van der Waals surface area contributed by atoms with Gasteiger partial charge in [0.15, 0.2) is 0 Å². The van der Waals surface area contributed by atoms with Gasteiger partial charge in [0.05, 0.1) is 0 Å². The Morgan fingerprint density at radius 3 is 2.77 bits per heavy atom. The topological polar surface area (TPSA) is 32.5 Å². The van der Waals surface area contributed by atoms with E-state index in [2.05, 4.69) is 30.8 Å². The van der Waals surface area contributed by atoms with E-state index in [1.807, 2.05) is 0 Å². The first-order valence-corrected chi connectivity index (χ1v) is 5.25. The molecule has 78 valence electrons. The minimum atomic E-state index is 0.508. The highest BCUT2D eigenvalue weighted by molar-refractivity contribution is 4.80. The number of hydrogen-bond acceptors (Lipinski definition) is 3. The molecule has 1 aliphatic rings. The minimum Gasteiger partial charge on any atom is -0.329 e. The third-order valence-corrected chi connectivity index (χ3v) is 3.26. The molecule has 0 aliphatic carbocycles. The third-order valence-electron chi connectivity index (χ3n) is 3.26. The summed E-state index contributed by atoms with van der Waals surface area (Å²) in [6.45, 7) is 5.37. The first-order chi connectivity index (χ1) is 6.15. The van der Waals surface area contributed by atoms with Crippen LogP contribution in [-0.2, 0) is 0 Å². The van der Waals surface area contributed by atoms with Gasteiger partial charge >= 0.3 is 0 Å². The Labute approximate surface area is 81.9 Å². The highest BCUT2D eigenvalue weighted by atomic mass is 15.2. The Hall–Kier alpha value is -0.120. The van der Waals surface area contributed by atoms with E-state index >= 15 is 0 Å². The first-order valence-electron chi connectivity index (χ1n) is 5.25. The van der Waals surface area contributed by atoms with Gasteiger partial charge in [-0.2, -0.15) is 0 Å². The van der Waals surface area contributed by atoms with Crippen LogP contribution in [0.25, 0.3) is 0 Å². The summed E-state index contributed by atoms with van der Waals surface area (Å²) < 4.78 is 0. The van der Waals surface area contributed by atoms with Gasteiger partial charge in [0, 0.05) is 25.2 Å². The van der Waals surface area contributed by atoms with Crippen LogP contribution in [0.4, 0.5) is 0 Å². The smallest absolute Gasteiger partial charge is 0.0220 e. The number of likely N-dealkylation sites (tertiary alicyclic amines) is 1. The van der Waals surface area contributed by atoms with Crippen LogP contribution in [-0.4, -0.2) is 55.6 Å². The standard InChI is InChI=1S/C10H23N3/c1-9(7-11)13(3)8-10-5-4-6-12(10)2/h9-10H,4-8,11H2,1-3H3. The Bertz CT molecular complexity index is 149. The SMILES string of the molecule is CC(CN)N(C)CC1CCCN1C. The van der Waals surface area contributed by atoms with Crippen molar-refractivity contribution in [2.24, 2.45) is 5.73 Å². The second-order valence-electron chi connectivity index (χ2n) is 4.30. The first kappa shape index (κ1) is 11.0. The lowest BCUT2D eigenvalue weighted by atomic mass is 10.2. The fourth-order valence-electron chi connectivity index (χ4n) is 1.90. The zero-order chi connectivity index (χ0) is 9.84. The molecule has 1 rings (SSSR count). The zero-order valence-corrected chi connectivity index (χ0v) is 9.16. The molecule has 3 nitrogen and oxygen atoms in total. The van der Waals surface area contributed by atoms with Crippen LogP contribution in [0.1, 0.15) is 19.8 Å². The van der Waals surface area contributed by atoms with Crippen LogP contribution in [0.15, 0.2) is 0 Å². The van der Waals surface area contributed by atoms with Crippen molar-refractivity contribution < 1.29 is 0 Å². The van der Waals surface area contributed by atoms with Crippen LogP contribution in [0.5, 0.6) is 0 Å². The molecule has 0 radical (unpaired) electrons. The van der Waals surface area contributed by atoms with Crippen molar-refractivity contribution in [3.63, 3.8) is 0 Å². The lowest BCUT2D eigenvalue weighted by Gasteiger charge is -2.29. The Morgan fingerprint density at radius 1 is 1.62 bits per heavy atom. The second kappa shape index (κ2) is 4.94. The second-order valence-corrected chi connectivity index (χ2v) is 4.30. The molecule has 1 aliphatic heterocycles. The van der Waals surface area contributed by atoms with E-state index in [1.165, 1.54) is 19.4 Å². The van der Waals surface area contributed by atoms with E-state index in [1.54, 1.807) is 0 Å². The molecule has 2 N–H and O–H groups in total. The van der Waals surface area contributed by atoms with E-state index in [9.17, 15) is 0 Å². The lowest BCUT2D eigenvalue weighted by Crippen LogP contribution is -2.43. The fourth-order valence-corrected chi connectivity index (χ4v) is 1.90. The number of rotatable bonds is 4. The van der Waals surface area contributed by atoms with Crippen LogP contribution >= 0.6 is 0 Å². The highest BCUT2D eigenvalue weighted by Gasteiger charge is 2.23. The maximum absolute atomic E-state index is 5.63. The van der Waals surface area contributed by atoms with Crippen molar-refractivity contribution >= 4 is 0 Å². The van der Waals surface area contributed by atoms with Gasteiger partial charge in [-0.25, -0.2) is 0 Å². The summed E-state index contributed by atoms with van der Waals surface area (Å²) in [7, 11) is 4.39. The van der Waals surface area contributed by atoms with Gasteiger partial charge in [0.25, 0.3) is 0 Å². The Morgan fingerprint density at radius 2 is 2.31 bits per heavy atom. The summed E-state index contributed by atoms with van der Waals surface area (Å²) >= 11 is 0. The maximum Gasteiger partial charge on any atom is 0.0220 e. The maximum atomic E-state index is 5.63. The molecule has 1 heterocycles. The molecule has 3 heteroatoms. The molecule has 2 unspecified atom stereocenters. The molecular formula is C10H23N3. The average molecular weight is 185 g/mol. The third kappa shape index (κ3) is 2.93. The van der Waals surface area contributed by atoms with Crippen molar-refractivity contribution in [2.45, 2.75) is 31.8 Å². The van der Waals surface area contributed by atoms with Crippen LogP contribution < -0.4 is 5.73 Å². The van der Waals surface area contributed by atoms with Crippen molar-refractivity contribution in [3.8, 4) is 0 Å². The van der Waals surface area contributed by atoms with E-state index in [0.717, 1.165) is 19.1 Å². The van der Waals surface area contributed by atoms with Crippen molar-refractivity contribution in [3.05, 3.63) is 0 Å². The van der Waals surface area contributed by atoms with E-state index < -0.39 is 0 Å². The minimum absolute atomic E-state index is 0.508. The quantitative estimate of drug-likeness (QED) is 0.686. The Kier molecular flexibility index (Phi) is 4.16. The summed E-state index contributed by atoms with van der Waals surface area (Å²) in [5.74, 6) is 0. The fraction of sp³-hybridized carbons (Fsp3) is 1.00. The molecule has 0 aromatic rings. The molecule has 0 bridgehead atoms. The van der Waals surface area contributed by atoms with Crippen LogP contribution in [0.3, 0.4) is 0 Å². The molecule has 1 fully saturated rings. The van der Waals surface area contributed by atoms with E-state index in [-0.39, 0.29) is 0 Å². The molecule has 2 atom stereocenters. The Balaban J connectivity index is 2.30. The van der Waals surface area contributed by atoms with Gasteiger partial charge in [0.2, 0.25) is 0 Å². The monoisotopic (exact) mass is 185 g/mol. The largest absolute Gasteiger partial charge is 0.329 e. The van der Waals surface area contributed by atoms with Gasteiger partial charge in [-0.3, -0.25) is 0 Å². The lowest BCUT2D eigenvalue weighted by molar-refractivity contribution is 0.187. The number of hydrogen-bond donors (Lipinski definition) is 1. The van der Waals surface area contributed by atoms with Crippen molar-refractivity contribution in [2.75, 3.05) is 33.7 Å². The van der Waals surface area contributed by atoms with Crippen LogP contribution in [0.2, 0.25) is 0 Å². The molecule has 0 aromatic carbocycles. The number of likely N-dealkylation sites (N-methyl/N-ethyl adjacent to an activating group) is 2. The molecule has 13 heavy (non-hydrogen) atoms. The predicted molar refractivity (Wildman–Crippen MR) is 56.8 cm³/mol. The van der Waals surface area contributed by atoms with E-state index in [4.69, 9.17) is 5.73 Å². The summed E-state index contributed by atoms with van der Waals surface area (Å²) in [5, 5.41) is 0. The summed E-state index contributed by atoms with van der Waals surface area (Å²) in [6.07, 6.45) is 2.70.